The van der Waals surface area contributed by atoms with E-state index in [1.54, 1.807) is 0 Å². The molecule has 1 atom stereocenters. The van der Waals surface area contributed by atoms with Crippen LogP contribution in [0, 0.1) is 11.8 Å². The van der Waals surface area contributed by atoms with Gasteiger partial charge < -0.3 is 14.6 Å². The minimum absolute atomic E-state index is 0.256. The van der Waals surface area contributed by atoms with E-state index in [1.165, 1.54) is 0 Å². The molecule has 0 heterocycles. The Morgan fingerprint density at radius 3 is 1.86 bits per heavy atom. The standard InChI is InChI=1S/C11H24O3/c1-9(2)7-13-5-6-14-8-11(12)10(3)4/h9-12H,5-8H2,1-4H3. The third kappa shape index (κ3) is 8.48. The lowest BCUT2D eigenvalue weighted by Crippen LogP contribution is -2.22. The summed E-state index contributed by atoms with van der Waals surface area (Å²) in [7, 11) is 0. The van der Waals surface area contributed by atoms with E-state index in [-0.39, 0.29) is 12.0 Å². The van der Waals surface area contributed by atoms with Gasteiger partial charge in [0, 0.05) is 6.61 Å². The zero-order valence-electron chi connectivity index (χ0n) is 9.82. The number of hydrogen-bond acceptors (Lipinski definition) is 3. The summed E-state index contributed by atoms with van der Waals surface area (Å²) in [6.07, 6.45) is -0.361. The van der Waals surface area contributed by atoms with Crippen molar-refractivity contribution in [3.8, 4) is 0 Å². The Balaban J connectivity index is 3.13. The van der Waals surface area contributed by atoms with Crippen LogP contribution in [0.4, 0.5) is 0 Å². The largest absolute Gasteiger partial charge is 0.390 e. The second kappa shape index (κ2) is 8.21. The molecule has 1 unspecified atom stereocenters. The first-order valence-corrected chi connectivity index (χ1v) is 5.37. The molecule has 0 aliphatic rings. The summed E-state index contributed by atoms with van der Waals surface area (Å²) in [6, 6.07) is 0. The van der Waals surface area contributed by atoms with Crippen LogP contribution in [0.15, 0.2) is 0 Å². The van der Waals surface area contributed by atoms with E-state index in [9.17, 15) is 5.11 Å². The number of hydrogen-bond donors (Lipinski definition) is 1. The van der Waals surface area contributed by atoms with E-state index in [0.717, 1.165) is 6.61 Å². The topological polar surface area (TPSA) is 38.7 Å². The van der Waals surface area contributed by atoms with Crippen molar-refractivity contribution in [2.24, 2.45) is 11.8 Å². The highest BCUT2D eigenvalue weighted by Gasteiger charge is 2.08. The highest BCUT2D eigenvalue weighted by atomic mass is 16.5. The van der Waals surface area contributed by atoms with Gasteiger partial charge in [-0.3, -0.25) is 0 Å². The second-order valence-corrected chi connectivity index (χ2v) is 4.36. The van der Waals surface area contributed by atoms with Gasteiger partial charge in [0.15, 0.2) is 0 Å². The van der Waals surface area contributed by atoms with Gasteiger partial charge in [0.2, 0.25) is 0 Å². The molecular weight excluding hydrogens is 180 g/mol. The van der Waals surface area contributed by atoms with Gasteiger partial charge in [-0.05, 0) is 11.8 Å². The van der Waals surface area contributed by atoms with Crippen LogP contribution in [0.2, 0.25) is 0 Å². The Morgan fingerprint density at radius 2 is 1.43 bits per heavy atom. The van der Waals surface area contributed by atoms with Crippen LogP contribution in [0.5, 0.6) is 0 Å². The third-order valence-corrected chi connectivity index (χ3v) is 1.88. The highest BCUT2D eigenvalue weighted by molar-refractivity contribution is 4.57. The smallest absolute Gasteiger partial charge is 0.0796 e. The number of aliphatic hydroxyl groups excluding tert-OH is 1. The summed E-state index contributed by atoms with van der Waals surface area (Å²) in [5, 5.41) is 9.41. The molecule has 0 rings (SSSR count). The van der Waals surface area contributed by atoms with Crippen LogP contribution in [0.1, 0.15) is 27.7 Å². The molecule has 0 aliphatic heterocycles. The maximum atomic E-state index is 9.41. The predicted octanol–water partition coefficient (Wildman–Crippen LogP) is 1.69. The van der Waals surface area contributed by atoms with Gasteiger partial charge in [-0.1, -0.05) is 27.7 Å². The van der Waals surface area contributed by atoms with E-state index in [2.05, 4.69) is 13.8 Å². The summed E-state index contributed by atoms with van der Waals surface area (Å²) in [5.41, 5.74) is 0. The first-order valence-electron chi connectivity index (χ1n) is 5.37. The number of aliphatic hydroxyl groups is 1. The van der Waals surface area contributed by atoms with E-state index in [1.807, 2.05) is 13.8 Å². The molecule has 14 heavy (non-hydrogen) atoms. The monoisotopic (exact) mass is 204 g/mol. The van der Waals surface area contributed by atoms with Crippen LogP contribution < -0.4 is 0 Å². The van der Waals surface area contributed by atoms with Crippen LogP contribution in [0.25, 0.3) is 0 Å². The summed E-state index contributed by atoms with van der Waals surface area (Å²) in [5.74, 6) is 0.822. The van der Waals surface area contributed by atoms with E-state index in [0.29, 0.717) is 25.7 Å². The molecule has 0 spiro atoms. The Labute approximate surface area is 87.4 Å². The average molecular weight is 204 g/mol. The fraction of sp³-hybridized carbons (Fsp3) is 1.00. The molecule has 0 fully saturated rings. The van der Waals surface area contributed by atoms with Crippen molar-refractivity contribution in [2.75, 3.05) is 26.4 Å². The van der Waals surface area contributed by atoms with E-state index >= 15 is 0 Å². The fourth-order valence-electron chi connectivity index (χ4n) is 0.833. The lowest BCUT2D eigenvalue weighted by Gasteiger charge is -2.14. The molecule has 0 aliphatic carbocycles. The van der Waals surface area contributed by atoms with Gasteiger partial charge in [0.25, 0.3) is 0 Å². The summed E-state index contributed by atoms with van der Waals surface area (Å²) < 4.78 is 10.6. The van der Waals surface area contributed by atoms with Crippen molar-refractivity contribution >= 4 is 0 Å². The molecule has 86 valence electrons. The van der Waals surface area contributed by atoms with Crippen molar-refractivity contribution in [1.82, 2.24) is 0 Å². The highest BCUT2D eigenvalue weighted by Crippen LogP contribution is 2.00. The molecule has 0 aromatic rings. The first kappa shape index (κ1) is 13.9. The van der Waals surface area contributed by atoms with Crippen LogP contribution >= 0.6 is 0 Å². The predicted molar refractivity (Wildman–Crippen MR) is 57.3 cm³/mol. The summed E-state index contributed by atoms with van der Waals surface area (Å²) in [4.78, 5) is 0. The van der Waals surface area contributed by atoms with Gasteiger partial charge in [-0.25, -0.2) is 0 Å². The molecule has 3 nitrogen and oxygen atoms in total. The molecule has 0 saturated heterocycles. The van der Waals surface area contributed by atoms with Gasteiger partial charge >= 0.3 is 0 Å². The molecule has 0 saturated carbocycles. The second-order valence-electron chi connectivity index (χ2n) is 4.36. The van der Waals surface area contributed by atoms with Gasteiger partial charge in [-0.15, -0.1) is 0 Å². The van der Waals surface area contributed by atoms with Crippen LogP contribution in [-0.4, -0.2) is 37.6 Å². The maximum absolute atomic E-state index is 9.41. The van der Waals surface area contributed by atoms with Crippen molar-refractivity contribution in [3.05, 3.63) is 0 Å². The molecule has 0 radical (unpaired) electrons. The summed E-state index contributed by atoms with van der Waals surface area (Å²) in [6.45, 7) is 10.5. The lowest BCUT2D eigenvalue weighted by molar-refractivity contribution is -0.0143. The van der Waals surface area contributed by atoms with Crippen molar-refractivity contribution in [1.29, 1.82) is 0 Å². The maximum Gasteiger partial charge on any atom is 0.0796 e. The van der Waals surface area contributed by atoms with Crippen molar-refractivity contribution < 1.29 is 14.6 Å². The van der Waals surface area contributed by atoms with E-state index in [4.69, 9.17) is 9.47 Å². The first-order chi connectivity index (χ1) is 6.54. The Morgan fingerprint density at radius 1 is 0.929 bits per heavy atom. The van der Waals surface area contributed by atoms with Crippen LogP contribution in [-0.2, 0) is 9.47 Å². The molecule has 1 N–H and O–H groups in total. The van der Waals surface area contributed by atoms with Crippen molar-refractivity contribution in [3.63, 3.8) is 0 Å². The van der Waals surface area contributed by atoms with Crippen molar-refractivity contribution in [2.45, 2.75) is 33.8 Å². The fourth-order valence-corrected chi connectivity index (χ4v) is 0.833. The lowest BCUT2D eigenvalue weighted by atomic mass is 10.1. The molecule has 3 heteroatoms. The Bertz CT molecular complexity index is 124. The molecule has 0 aromatic carbocycles. The Kier molecular flexibility index (Phi) is 8.14. The molecule has 0 aromatic heterocycles. The van der Waals surface area contributed by atoms with Crippen LogP contribution in [0.3, 0.4) is 0 Å². The summed E-state index contributed by atoms with van der Waals surface area (Å²) >= 11 is 0. The zero-order chi connectivity index (χ0) is 11.0. The number of rotatable bonds is 8. The molecule has 0 bridgehead atoms. The minimum atomic E-state index is -0.361. The normalized spacial score (nSPS) is 13.9. The van der Waals surface area contributed by atoms with E-state index < -0.39 is 0 Å². The Hall–Kier alpha value is -0.120. The van der Waals surface area contributed by atoms with Gasteiger partial charge in [-0.2, -0.15) is 0 Å². The van der Waals surface area contributed by atoms with Gasteiger partial charge in [0.1, 0.15) is 0 Å². The SMILES string of the molecule is CC(C)COCCOCC(O)C(C)C. The van der Waals surface area contributed by atoms with Gasteiger partial charge in [0.05, 0.1) is 25.9 Å². The third-order valence-electron chi connectivity index (χ3n) is 1.88. The molecular formula is C11H24O3. The zero-order valence-corrected chi connectivity index (χ0v) is 9.82. The number of ether oxygens (including phenoxy) is 2. The minimum Gasteiger partial charge on any atom is -0.390 e. The average Bonchev–Trinajstić information content (AvgIpc) is 2.09. The quantitative estimate of drug-likeness (QED) is 0.611. The molecule has 0 amide bonds.